The Bertz CT molecular complexity index is 461. The van der Waals surface area contributed by atoms with Crippen molar-refractivity contribution in [2.75, 3.05) is 25.0 Å². The van der Waals surface area contributed by atoms with Crippen molar-refractivity contribution in [3.05, 3.63) is 28.2 Å². The van der Waals surface area contributed by atoms with Gasteiger partial charge in [-0.15, -0.1) is 0 Å². The van der Waals surface area contributed by atoms with Gasteiger partial charge in [-0.2, -0.15) is 0 Å². The van der Waals surface area contributed by atoms with Crippen LogP contribution >= 0.6 is 15.9 Å². The number of nitrogens with one attached hydrogen (secondary N) is 2. The molecule has 1 aliphatic heterocycles. The van der Waals surface area contributed by atoms with E-state index in [-0.39, 0.29) is 5.91 Å². The van der Waals surface area contributed by atoms with Crippen LogP contribution in [0.15, 0.2) is 22.7 Å². The van der Waals surface area contributed by atoms with E-state index >= 15 is 0 Å². The van der Waals surface area contributed by atoms with E-state index in [1.807, 2.05) is 25.1 Å². The maximum absolute atomic E-state index is 12.0. The quantitative estimate of drug-likeness (QED) is 0.875. The number of rotatable bonds is 3. The van der Waals surface area contributed by atoms with Crippen molar-refractivity contribution in [1.82, 2.24) is 0 Å². The number of anilines is 1. The Morgan fingerprint density at radius 2 is 2.32 bits per heavy atom. The molecule has 1 amide bonds. The molecular formula is C15H22BrN2O+. The van der Waals surface area contributed by atoms with Gasteiger partial charge in [-0.25, -0.2) is 0 Å². The molecule has 0 aliphatic carbocycles. The molecule has 4 heteroatoms. The van der Waals surface area contributed by atoms with Crippen molar-refractivity contribution < 1.29 is 9.69 Å². The predicted octanol–water partition coefficient (Wildman–Crippen LogP) is 2.01. The smallest absolute Gasteiger partial charge is 0.279 e. The fourth-order valence-electron chi connectivity index (χ4n) is 2.66. The van der Waals surface area contributed by atoms with E-state index in [1.54, 1.807) is 0 Å². The lowest BCUT2D eigenvalue weighted by Crippen LogP contribution is -3.14. The molecule has 2 N–H and O–H groups in total. The van der Waals surface area contributed by atoms with Crippen LogP contribution in [-0.2, 0) is 4.79 Å². The molecule has 0 saturated carbocycles. The van der Waals surface area contributed by atoms with Gasteiger partial charge in [0.05, 0.1) is 13.1 Å². The number of aryl methyl sites for hydroxylation is 1. The van der Waals surface area contributed by atoms with Crippen LogP contribution in [0.3, 0.4) is 0 Å². The second kappa shape index (κ2) is 6.53. The van der Waals surface area contributed by atoms with Crippen molar-refractivity contribution in [3.63, 3.8) is 0 Å². The van der Waals surface area contributed by atoms with Crippen LogP contribution in [0, 0.1) is 12.8 Å². The van der Waals surface area contributed by atoms with Crippen LogP contribution in [0.4, 0.5) is 5.69 Å². The molecule has 1 aromatic carbocycles. The lowest BCUT2D eigenvalue weighted by atomic mass is 10.0. The number of hydrogen-bond acceptors (Lipinski definition) is 1. The van der Waals surface area contributed by atoms with Gasteiger partial charge in [-0.05, 0) is 37.5 Å². The monoisotopic (exact) mass is 325 g/mol. The Morgan fingerprint density at radius 1 is 1.53 bits per heavy atom. The Balaban J connectivity index is 1.88. The average Bonchev–Trinajstić information content (AvgIpc) is 2.34. The molecule has 1 unspecified atom stereocenters. The highest BCUT2D eigenvalue weighted by atomic mass is 79.9. The molecule has 0 bridgehead atoms. The number of carbonyl (C=O) groups excluding carboxylic acids is 1. The highest BCUT2D eigenvalue weighted by Gasteiger charge is 2.21. The highest BCUT2D eigenvalue weighted by molar-refractivity contribution is 9.10. The molecule has 1 aromatic rings. The van der Waals surface area contributed by atoms with Gasteiger partial charge in [-0.3, -0.25) is 4.79 Å². The largest absolute Gasteiger partial charge is 0.327 e. The van der Waals surface area contributed by atoms with Gasteiger partial charge in [0.25, 0.3) is 5.91 Å². The van der Waals surface area contributed by atoms with Gasteiger partial charge in [0, 0.05) is 16.1 Å². The summed E-state index contributed by atoms with van der Waals surface area (Å²) in [6.45, 7) is 7.12. The molecule has 1 saturated heterocycles. The van der Waals surface area contributed by atoms with Crippen LogP contribution in [0.25, 0.3) is 0 Å². The number of hydrogen-bond donors (Lipinski definition) is 2. The third-order valence-corrected chi connectivity index (χ3v) is 4.58. The zero-order chi connectivity index (χ0) is 13.8. The van der Waals surface area contributed by atoms with Crippen LogP contribution in [0.2, 0.25) is 0 Å². The molecule has 1 fully saturated rings. The van der Waals surface area contributed by atoms with Crippen LogP contribution in [0.5, 0.6) is 0 Å². The van der Waals surface area contributed by atoms with Gasteiger partial charge in [0.1, 0.15) is 0 Å². The van der Waals surface area contributed by atoms with Crippen LogP contribution in [0.1, 0.15) is 25.3 Å². The van der Waals surface area contributed by atoms with Gasteiger partial charge in [0.15, 0.2) is 6.54 Å². The lowest BCUT2D eigenvalue weighted by Gasteiger charge is -2.27. The van der Waals surface area contributed by atoms with E-state index < -0.39 is 0 Å². The van der Waals surface area contributed by atoms with Crippen molar-refractivity contribution in [2.45, 2.75) is 26.7 Å². The first-order valence-corrected chi connectivity index (χ1v) is 7.73. The summed E-state index contributed by atoms with van der Waals surface area (Å²) in [6.07, 6.45) is 2.54. The van der Waals surface area contributed by atoms with Crippen LogP contribution in [-0.4, -0.2) is 25.5 Å². The van der Waals surface area contributed by atoms with E-state index in [2.05, 4.69) is 28.2 Å². The Kier molecular flexibility index (Phi) is 4.99. The molecule has 2 rings (SSSR count). The Morgan fingerprint density at radius 3 is 3.00 bits per heavy atom. The summed E-state index contributed by atoms with van der Waals surface area (Å²) in [5.41, 5.74) is 2.04. The minimum Gasteiger partial charge on any atom is -0.327 e. The zero-order valence-corrected chi connectivity index (χ0v) is 13.2. The standard InChI is InChI=1S/C15H21BrN2O/c1-11-4-3-7-18(9-11)10-15(19)17-13-6-5-12(2)14(16)8-13/h5-6,8,11H,3-4,7,9-10H2,1-2H3,(H,17,19)/p+1/t11-/m0/s1. The SMILES string of the molecule is Cc1ccc(NC(=O)C[NH+]2CCC[C@H](C)C2)cc1Br. The number of amides is 1. The van der Waals surface area contributed by atoms with Gasteiger partial charge in [0.2, 0.25) is 0 Å². The summed E-state index contributed by atoms with van der Waals surface area (Å²) in [7, 11) is 0. The molecule has 2 atom stereocenters. The first-order chi connectivity index (χ1) is 9.04. The summed E-state index contributed by atoms with van der Waals surface area (Å²) in [6, 6.07) is 5.92. The number of carbonyl (C=O) groups is 1. The summed E-state index contributed by atoms with van der Waals surface area (Å²) >= 11 is 3.49. The van der Waals surface area contributed by atoms with Gasteiger partial charge in [-0.1, -0.05) is 28.9 Å². The van der Waals surface area contributed by atoms with Crippen molar-refractivity contribution >= 4 is 27.5 Å². The van der Waals surface area contributed by atoms with Crippen molar-refractivity contribution in [1.29, 1.82) is 0 Å². The maximum Gasteiger partial charge on any atom is 0.279 e. The molecular weight excluding hydrogens is 304 g/mol. The van der Waals surface area contributed by atoms with Crippen molar-refractivity contribution in [3.8, 4) is 0 Å². The Hall–Kier alpha value is -0.870. The minimum absolute atomic E-state index is 0.111. The number of likely N-dealkylation sites (tertiary alicyclic amines) is 1. The summed E-state index contributed by atoms with van der Waals surface area (Å²) < 4.78 is 1.03. The van der Waals surface area contributed by atoms with Crippen LogP contribution < -0.4 is 10.2 Å². The summed E-state index contributed by atoms with van der Waals surface area (Å²) in [5.74, 6) is 0.852. The third kappa shape index (κ3) is 4.32. The first kappa shape index (κ1) is 14.5. The number of quaternary nitrogens is 1. The highest BCUT2D eigenvalue weighted by Crippen LogP contribution is 2.20. The summed E-state index contributed by atoms with van der Waals surface area (Å²) in [5, 5.41) is 2.98. The fourth-order valence-corrected chi connectivity index (χ4v) is 3.04. The number of halogens is 1. The van der Waals surface area contributed by atoms with E-state index in [1.165, 1.54) is 23.3 Å². The molecule has 0 radical (unpaired) electrons. The minimum atomic E-state index is 0.111. The lowest BCUT2D eigenvalue weighted by molar-refractivity contribution is -0.900. The fraction of sp³-hybridized carbons (Fsp3) is 0.533. The van der Waals surface area contributed by atoms with E-state index in [0.29, 0.717) is 6.54 Å². The molecule has 3 nitrogen and oxygen atoms in total. The predicted molar refractivity (Wildman–Crippen MR) is 81.5 cm³/mol. The number of piperidine rings is 1. The van der Waals surface area contributed by atoms with E-state index in [4.69, 9.17) is 0 Å². The normalized spacial score (nSPS) is 23.1. The second-order valence-electron chi connectivity index (χ2n) is 5.64. The first-order valence-electron chi connectivity index (χ1n) is 6.94. The number of benzene rings is 1. The third-order valence-electron chi connectivity index (χ3n) is 3.73. The zero-order valence-electron chi connectivity index (χ0n) is 11.6. The van der Waals surface area contributed by atoms with Crippen molar-refractivity contribution in [2.24, 2.45) is 5.92 Å². The Labute approximate surface area is 123 Å². The maximum atomic E-state index is 12.0. The second-order valence-corrected chi connectivity index (χ2v) is 6.49. The van der Waals surface area contributed by atoms with E-state index in [9.17, 15) is 4.79 Å². The molecule has 19 heavy (non-hydrogen) atoms. The molecule has 1 aliphatic rings. The summed E-state index contributed by atoms with van der Waals surface area (Å²) in [4.78, 5) is 13.4. The van der Waals surface area contributed by atoms with E-state index in [0.717, 1.165) is 29.2 Å². The molecule has 0 aromatic heterocycles. The van der Waals surface area contributed by atoms with Gasteiger partial charge >= 0.3 is 0 Å². The molecule has 104 valence electrons. The average molecular weight is 326 g/mol. The molecule has 1 heterocycles. The molecule has 0 spiro atoms. The van der Waals surface area contributed by atoms with Gasteiger partial charge < -0.3 is 10.2 Å². The topological polar surface area (TPSA) is 33.5 Å².